The summed E-state index contributed by atoms with van der Waals surface area (Å²) in [5, 5.41) is 41.0. The molecule has 5 rings (SSSR count). The Labute approximate surface area is 208 Å². The van der Waals surface area contributed by atoms with E-state index in [1.165, 1.54) is 22.7 Å². The monoisotopic (exact) mass is 518 g/mol. The number of thioether (sulfide) groups is 1. The highest BCUT2D eigenvalue weighted by Gasteiger charge is 2.44. The number of H-pyrrole nitrogens is 1. The lowest BCUT2D eigenvalue weighted by molar-refractivity contribution is -0.0511. The maximum atomic E-state index is 10.4. The van der Waals surface area contributed by atoms with Gasteiger partial charge in [-0.05, 0) is 18.5 Å². The van der Waals surface area contributed by atoms with Gasteiger partial charge in [0, 0.05) is 17.4 Å². The number of aliphatic hydroxyl groups excluding tert-OH is 3. The van der Waals surface area contributed by atoms with E-state index < -0.39 is 31.1 Å². The third-order valence-corrected chi connectivity index (χ3v) is 6.82. The number of hydrogen-bond donors (Lipinski definition) is 5. The van der Waals surface area contributed by atoms with Gasteiger partial charge >= 0.3 is 0 Å². The molecule has 1 aromatic carbocycles. The number of anilines is 1. The first-order valence-corrected chi connectivity index (χ1v) is 12.2. The van der Waals surface area contributed by atoms with Crippen molar-refractivity contribution in [3.63, 3.8) is 0 Å². The molecule has 4 heterocycles. The van der Waals surface area contributed by atoms with Gasteiger partial charge in [0.1, 0.15) is 18.3 Å². The number of rotatable bonds is 8. The summed E-state index contributed by atoms with van der Waals surface area (Å²) in [6.07, 6.45) is -2.99. The fourth-order valence-electron chi connectivity index (χ4n) is 3.80. The van der Waals surface area contributed by atoms with Gasteiger partial charge in [-0.2, -0.15) is 9.97 Å². The lowest BCUT2D eigenvalue weighted by Crippen LogP contribution is -2.33. The Bertz CT molecular complexity index is 1310. The number of aliphatic hydroxyl groups is 3. The van der Waals surface area contributed by atoms with Crippen molar-refractivity contribution in [1.82, 2.24) is 34.7 Å². The summed E-state index contributed by atoms with van der Waals surface area (Å²) >= 11 is 7.65. The number of benzene rings is 1. The van der Waals surface area contributed by atoms with Gasteiger partial charge in [-0.1, -0.05) is 42.1 Å². The minimum atomic E-state index is -1.27. The molecule has 0 spiro atoms. The van der Waals surface area contributed by atoms with Crippen LogP contribution >= 0.6 is 23.4 Å². The van der Waals surface area contributed by atoms with Gasteiger partial charge in [0.25, 0.3) is 0 Å². The molecule has 0 unspecified atom stereocenters. The van der Waals surface area contributed by atoms with Gasteiger partial charge in [0.2, 0.25) is 10.4 Å². The van der Waals surface area contributed by atoms with Gasteiger partial charge < -0.3 is 25.4 Å². The Morgan fingerprint density at radius 1 is 1.20 bits per heavy atom. The Hall–Kier alpha value is -2.81. The number of hydrogen-bond acceptors (Lipinski definition) is 11. The SMILES string of the molecule is C[C@H](CSc1n[nH]c(-c2ccccc2)n1)Nc1nc(Cl)nc2c1ncn2[C@@H]1O[C@H](CO)[C@@H](O)[C@H]1O. The smallest absolute Gasteiger partial charge is 0.226 e. The summed E-state index contributed by atoms with van der Waals surface area (Å²) in [4.78, 5) is 17.4. The molecule has 4 aromatic rings. The number of nitrogens with one attached hydrogen (secondary N) is 2. The van der Waals surface area contributed by atoms with Crippen molar-refractivity contribution in [3.05, 3.63) is 41.9 Å². The molecule has 14 heteroatoms. The van der Waals surface area contributed by atoms with Crippen LogP contribution in [0.4, 0.5) is 5.82 Å². The molecular weight excluding hydrogens is 496 g/mol. The second kappa shape index (κ2) is 10.0. The van der Waals surface area contributed by atoms with Crippen molar-refractivity contribution in [2.75, 3.05) is 17.7 Å². The highest BCUT2D eigenvalue weighted by atomic mass is 35.5. The molecule has 35 heavy (non-hydrogen) atoms. The van der Waals surface area contributed by atoms with Crippen LogP contribution in [0.25, 0.3) is 22.6 Å². The van der Waals surface area contributed by atoms with Gasteiger partial charge in [-0.3, -0.25) is 9.67 Å². The second-order valence-electron chi connectivity index (χ2n) is 8.08. The molecule has 1 saturated heterocycles. The van der Waals surface area contributed by atoms with Crippen molar-refractivity contribution < 1.29 is 20.1 Å². The molecular formula is C21H23ClN8O4S. The van der Waals surface area contributed by atoms with E-state index in [-0.39, 0.29) is 11.3 Å². The standard InChI is InChI=1S/C21H23ClN8O4S/c1-10(8-35-21-26-16(28-29-21)11-5-3-2-4-6-11)24-17-13-18(27-20(22)25-17)30(9-23-13)19-15(33)14(32)12(7-31)34-19/h2-6,9-10,12,14-15,19,31-33H,7-8H2,1H3,(H,24,25,27)(H,26,28,29)/t10-,12-,14-,15-,19-/m1/s1. The second-order valence-corrected chi connectivity index (χ2v) is 9.41. The van der Waals surface area contributed by atoms with Crippen LogP contribution in [0.2, 0.25) is 5.28 Å². The summed E-state index contributed by atoms with van der Waals surface area (Å²) in [5.74, 6) is 1.75. The van der Waals surface area contributed by atoms with Crippen molar-refractivity contribution in [2.45, 2.75) is 42.7 Å². The quantitative estimate of drug-likeness (QED) is 0.169. The average molecular weight is 519 g/mol. The summed E-state index contributed by atoms with van der Waals surface area (Å²) in [7, 11) is 0. The van der Waals surface area contributed by atoms with E-state index >= 15 is 0 Å². The largest absolute Gasteiger partial charge is 0.394 e. The first-order chi connectivity index (χ1) is 16.9. The van der Waals surface area contributed by atoms with Crippen molar-refractivity contribution in [1.29, 1.82) is 0 Å². The molecule has 184 valence electrons. The molecule has 5 atom stereocenters. The van der Waals surface area contributed by atoms with Crippen LogP contribution in [-0.2, 0) is 4.74 Å². The third-order valence-electron chi connectivity index (χ3n) is 5.54. The lowest BCUT2D eigenvalue weighted by Gasteiger charge is -2.17. The van der Waals surface area contributed by atoms with Crippen molar-refractivity contribution >= 4 is 40.3 Å². The summed E-state index contributed by atoms with van der Waals surface area (Å²) < 4.78 is 7.07. The van der Waals surface area contributed by atoms with Gasteiger partial charge in [0.15, 0.2) is 29.0 Å². The van der Waals surface area contributed by atoms with Crippen LogP contribution in [0.3, 0.4) is 0 Å². The fourth-order valence-corrected chi connectivity index (χ4v) is 4.71. The van der Waals surface area contributed by atoms with Gasteiger partial charge in [-0.15, -0.1) is 5.10 Å². The summed E-state index contributed by atoms with van der Waals surface area (Å²) in [5.41, 5.74) is 1.71. The number of halogens is 1. The van der Waals surface area contributed by atoms with Crippen LogP contribution in [0.15, 0.2) is 41.8 Å². The zero-order valence-electron chi connectivity index (χ0n) is 18.5. The number of imidazole rings is 1. The molecule has 1 fully saturated rings. The highest BCUT2D eigenvalue weighted by molar-refractivity contribution is 7.99. The molecule has 0 aliphatic carbocycles. The van der Waals surface area contributed by atoms with Gasteiger partial charge in [0.05, 0.1) is 12.9 Å². The first-order valence-electron chi connectivity index (χ1n) is 10.8. The molecule has 0 amide bonds. The minimum absolute atomic E-state index is 0.0187. The zero-order chi connectivity index (χ0) is 24.5. The van der Waals surface area contributed by atoms with E-state index in [4.69, 9.17) is 16.3 Å². The molecule has 1 aliphatic heterocycles. The van der Waals surface area contributed by atoms with Crippen molar-refractivity contribution in [2.24, 2.45) is 0 Å². The normalized spacial score (nSPS) is 23.1. The molecule has 3 aromatic heterocycles. The van der Waals surface area contributed by atoms with E-state index in [1.54, 1.807) is 0 Å². The summed E-state index contributed by atoms with van der Waals surface area (Å²) in [6, 6.07) is 9.69. The fraction of sp³-hybridized carbons (Fsp3) is 0.381. The number of ether oxygens (including phenoxy) is 1. The summed E-state index contributed by atoms with van der Waals surface area (Å²) in [6.45, 7) is 1.54. The molecule has 0 bridgehead atoms. The maximum absolute atomic E-state index is 10.4. The molecule has 5 N–H and O–H groups in total. The Kier molecular flexibility index (Phi) is 6.86. The van der Waals surface area contributed by atoms with Crippen LogP contribution < -0.4 is 5.32 Å². The number of aromatic amines is 1. The van der Waals surface area contributed by atoms with E-state index in [2.05, 4.69) is 35.5 Å². The molecule has 0 radical (unpaired) electrons. The topological polar surface area (TPSA) is 167 Å². The molecule has 0 saturated carbocycles. The van der Waals surface area contributed by atoms with Crippen molar-refractivity contribution in [3.8, 4) is 11.4 Å². The first kappa shape index (κ1) is 23.9. The predicted octanol–water partition coefficient (Wildman–Crippen LogP) is 1.47. The van der Waals surface area contributed by atoms with Gasteiger partial charge in [-0.25, -0.2) is 9.97 Å². The molecule has 12 nitrogen and oxygen atoms in total. The van der Waals surface area contributed by atoms with E-state index in [0.29, 0.717) is 33.7 Å². The number of aromatic nitrogens is 7. The third kappa shape index (κ3) is 4.83. The molecule has 1 aliphatic rings. The average Bonchev–Trinajstić information content (AvgIpc) is 3.57. The van der Waals surface area contributed by atoms with E-state index in [1.807, 2.05) is 37.3 Å². The Morgan fingerprint density at radius 2 is 2.00 bits per heavy atom. The zero-order valence-corrected chi connectivity index (χ0v) is 20.1. The minimum Gasteiger partial charge on any atom is -0.394 e. The van der Waals surface area contributed by atoms with E-state index in [9.17, 15) is 15.3 Å². The van der Waals surface area contributed by atoms with Crippen LogP contribution in [0, 0.1) is 0 Å². The van der Waals surface area contributed by atoms with Crippen LogP contribution in [-0.4, -0.2) is 86.7 Å². The highest BCUT2D eigenvalue weighted by Crippen LogP contribution is 2.33. The van der Waals surface area contributed by atoms with Crippen LogP contribution in [0.5, 0.6) is 0 Å². The van der Waals surface area contributed by atoms with E-state index in [0.717, 1.165) is 5.56 Å². The Balaban J connectivity index is 1.29. The lowest BCUT2D eigenvalue weighted by atomic mass is 10.1. The predicted molar refractivity (Wildman–Crippen MR) is 129 cm³/mol. The number of fused-ring (bicyclic) bond motifs is 1. The van der Waals surface area contributed by atoms with Crippen LogP contribution in [0.1, 0.15) is 13.2 Å². The number of nitrogens with zero attached hydrogens (tertiary/aromatic N) is 6. The maximum Gasteiger partial charge on any atom is 0.226 e. The Morgan fingerprint density at radius 3 is 2.74 bits per heavy atom.